The lowest BCUT2D eigenvalue weighted by atomic mass is 10.1. The van der Waals surface area contributed by atoms with Gasteiger partial charge in [-0.05, 0) is 37.3 Å². The van der Waals surface area contributed by atoms with Gasteiger partial charge < -0.3 is 5.32 Å². The number of hydrogen-bond acceptors (Lipinski definition) is 4. The molecule has 6 nitrogen and oxygen atoms in total. The van der Waals surface area contributed by atoms with Crippen molar-refractivity contribution in [2.45, 2.75) is 25.7 Å². The SMILES string of the molecule is CCN(CC)S(=O)(=O)c1ccc(F)c(C(=O)Nc2ccccc2C(C)=O)c1. The molecule has 2 aromatic rings. The van der Waals surface area contributed by atoms with Crippen molar-refractivity contribution in [3.05, 3.63) is 59.4 Å². The van der Waals surface area contributed by atoms with Crippen molar-refractivity contribution >= 4 is 27.4 Å². The van der Waals surface area contributed by atoms with Crippen LogP contribution in [-0.4, -0.2) is 37.5 Å². The molecule has 0 saturated heterocycles. The maximum atomic E-state index is 14.2. The highest BCUT2D eigenvalue weighted by Crippen LogP contribution is 2.22. The van der Waals surface area contributed by atoms with Crippen LogP contribution < -0.4 is 5.32 Å². The van der Waals surface area contributed by atoms with Crippen LogP contribution in [0.1, 0.15) is 41.5 Å². The second-order valence-electron chi connectivity index (χ2n) is 5.79. The number of hydrogen-bond donors (Lipinski definition) is 1. The third-order valence-corrected chi connectivity index (χ3v) is 6.13. The number of nitrogens with one attached hydrogen (secondary N) is 1. The van der Waals surface area contributed by atoms with Gasteiger partial charge in [0, 0.05) is 18.7 Å². The molecule has 1 N–H and O–H groups in total. The first-order valence-electron chi connectivity index (χ1n) is 8.43. The van der Waals surface area contributed by atoms with Gasteiger partial charge in [-0.2, -0.15) is 4.31 Å². The molecule has 0 bridgehead atoms. The van der Waals surface area contributed by atoms with Gasteiger partial charge in [0.2, 0.25) is 10.0 Å². The first kappa shape index (κ1) is 20.7. The van der Waals surface area contributed by atoms with E-state index in [2.05, 4.69) is 5.32 Å². The summed E-state index contributed by atoms with van der Waals surface area (Å²) in [5, 5.41) is 2.48. The van der Waals surface area contributed by atoms with Crippen LogP contribution in [0.4, 0.5) is 10.1 Å². The van der Waals surface area contributed by atoms with Gasteiger partial charge in [0.25, 0.3) is 5.91 Å². The van der Waals surface area contributed by atoms with E-state index in [0.717, 1.165) is 18.2 Å². The van der Waals surface area contributed by atoms with Gasteiger partial charge in [0.15, 0.2) is 5.78 Å². The standard InChI is InChI=1S/C19H21FN2O4S/c1-4-22(5-2)27(25,26)14-10-11-17(20)16(12-14)19(24)21-18-9-7-6-8-15(18)13(3)23/h6-12H,4-5H2,1-3H3,(H,21,24). The van der Waals surface area contributed by atoms with Gasteiger partial charge in [-0.1, -0.05) is 26.0 Å². The maximum Gasteiger partial charge on any atom is 0.258 e. The van der Waals surface area contributed by atoms with Crippen molar-refractivity contribution in [1.29, 1.82) is 0 Å². The van der Waals surface area contributed by atoms with Gasteiger partial charge >= 0.3 is 0 Å². The van der Waals surface area contributed by atoms with Crippen LogP contribution in [-0.2, 0) is 10.0 Å². The smallest absolute Gasteiger partial charge is 0.258 e. The highest BCUT2D eigenvalue weighted by atomic mass is 32.2. The monoisotopic (exact) mass is 392 g/mol. The largest absolute Gasteiger partial charge is 0.321 e. The molecule has 144 valence electrons. The van der Waals surface area contributed by atoms with Crippen LogP contribution in [0, 0.1) is 5.82 Å². The maximum absolute atomic E-state index is 14.2. The predicted octanol–water partition coefficient (Wildman–Crippen LogP) is 3.31. The molecule has 0 aliphatic carbocycles. The van der Waals surface area contributed by atoms with Crippen LogP contribution in [0.15, 0.2) is 47.4 Å². The third kappa shape index (κ3) is 4.40. The zero-order valence-electron chi connectivity index (χ0n) is 15.3. The summed E-state index contributed by atoms with van der Waals surface area (Å²) in [6.45, 7) is 5.24. The van der Waals surface area contributed by atoms with Crippen LogP contribution in [0.2, 0.25) is 0 Å². The summed E-state index contributed by atoms with van der Waals surface area (Å²) >= 11 is 0. The van der Waals surface area contributed by atoms with Gasteiger partial charge in [-0.25, -0.2) is 12.8 Å². The van der Waals surface area contributed by atoms with E-state index in [1.807, 2.05) is 0 Å². The molecule has 0 saturated carbocycles. The Morgan fingerprint density at radius 2 is 1.67 bits per heavy atom. The fraction of sp³-hybridized carbons (Fsp3) is 0.263. The Balaban J connectivity index is 2.42. The first-order valence-corrected chi connectivity index (χ1v) is 9.87. The van der Waals surface area contributed by atoms with E-state index < -0.39 is 27.3 Å². The molecule has 27 heavy (non-hydrogen) atoms. The molecule has 0 aromatic heterocycles. The molecule has 0 spiro atoms. The van der Waals surface area contributed by atoms with Gasteiger partial charge in [-0.3, -0.25) is 9.59 Å². The zero-order valence-corrected chi connectivity index (χ0v) is 16.1. The van der Waals surface area contributed by atoms with Crippen LogP contribution in [0.3, 0.4) is 0 Å². The van der Waals surface area contributed by atoms with Crippen molar-refractivity contribution in [2.75, 3.05) is 18.4 Å². The van der Waals surface area contributed by atoms with Crippen molar-refractivity contribution < 1.29 is 22.4 Å². The van der Waals surface area contributed by atoms with Gasteiger partial charge in [0.1, 0.15) is 5.82 Å². The summed E-state index contributed by atoms with van der Waals surface area (Å²) < 4.78 is 40.6. The number of Topliss-reactive ketones (excluding diaryl/α,β-unsaturated/α-hetero) is 1. The number of sulfonamides is 1. The number of carbonyl (C=O) groups is 2. The molecule has 8 heteroatoms. The molecule has 0 atom stereocenters. The van der Waals surface area contributed by atoms with E-state index in [1.54, 1.807) is 26.0 Å². The molecule has 0 radical (unpaired) electrons. The topological polar surface area (TPSA) is 83.6 Å². The quantitative estimate of drug-likeness (QED) is 0.733. The highest BCUT2D eigenvalue weighted by Gasteiger charge is 2.24. The molecule has 0 unspecified atom stereocenters. The van der Waals surface area contributed by atoms with E-state index in [0.29, 0.717) is 0 Å². The first-order chi connectivity index (χ1) is 12.7. The summed E-state index contributed by atoms with van der Waals surface area (Å²) in [7, 11) is -3.84. The minimum Gasteiger partial charge on any atom is -0.321 e. The summed E-state index contributed by atoms with van der Waals surface area (Å²) in [6.07, 6.45) is 0. The number of para-hydroxylation sites is 1. The van der Waals surface area contributed by atoms with Gasteiger partial charge in [-0.15, -0.1) is 0 Å². The lowest BCUT2D eigenvalue weighted by Crippen LogP contribution is -2.31. The Labute approximate surface area is 158 Å². The number of ketones is 1. The number of benzene rings is 2. The summed E-state index contributed by atoms with van der Waals surface area (Å²) in [6, 6.07) is 9.41. The molecule has 0 aliphatic rings. The molecule has 2 aromatic carbocycles. The Morgan fingerprint density at radius 3 is 2.26 bits per heavy atom. The Morgan fingerprint density at radius 1 is 1.04 bits per heavy atom. The van der Waals surface area contributed by atoms with E-state index >= 15 is 0 Å². The van der Waals surface area contributed by atoms with Gasteiger partial charge in [0.05, 0.1) is 16.1 Å². The second-order valence-corrected chi connectivity index (χ2v) is 7.72. The van der Waals surface area contributed by atoms with E-state index in [-0.39, 0.29) is 35.0 Å². The van der Waals surface area contributed by atoms with Crippen LogP contribution in [0.5, 0.6) is 0 Å². The predicted molar refractivity (Wildman–Crippen MR) is 101 cm³/mol. The molecule has 1 amide bonds. The number of amides is 1. The molecule has 2 rings (SSSR count). The minimum absolute atomic E-state index is 0.169. The average Bonchev–Trinajstić information content (AvgIpc) is 2.62. The third-order valence-electron chi connectivity index (χ3n) is 4.08. The Kier molecular flexibility index (Phi) is 6.45. The molecule has 0 fully saturated rings. The van der Waals surface area contributed by atoms with E-state index in [4.69, 9.17) is 0 Å². The number of carbonyl (C=O) groups excluding carboxylic acids is 2. The lowest BCUT2D eigenvalue weighted by molar-refractivity contribution is 0.101. The summed E-state index contributed by atoms with van der Waals surface area (Å²) in [5.74, 6) is -1.95. The number of nitrogens with zero attached hydrogens (tertiary/aromatic N) is 1. The normalized spacial score (nSPS) is 11.4. The number of anilines is 1. The van der Waals surface area contributed by atoms with Crippen LogP contribution >= 0.6 is 0 Å². The van der Waals surface area contributed by atoms with E-state index in [1.165, 1.54) is 23.4 Å². The lowest BCUT2D eigenvalue weighted by Gasteiger charge is -2.19. The summed E-state index contributed by atoms with van der Waals surface area (Å²) in [5.41, 5.74) is 0.0890. The van der Waals surface area contributed by atoms with Crippen molar-refractivity contribution in [2.24, 2.45) is 0 Å². The minimum atomic E-state index is -3.84. The average molecular weight is 392 g/mol. The highest BCUT2D eigenvalue weighted by molar-refractivity contribution is 7.89. The fourth-order valence-electron chi connectivity index (χ4n) is 2.64. The molecular weight excluding hydrogens is 371 g/mol. The Hall–Kier alpha value is -2.58. The fourth-order valence-corrected chi connectivity index (χ4v) is 4.12. The zero-order chi connectivity index (χ0) is 20.2. The number of rotatable bonds is 7. The van der Waals surface area contributed by atoms with Crippen molar-refractivity contribution in [3.8, 4) is 0 Å². The molecule has 0 heterocycles. The molecule has 0 aliphatic heterocycles. The second kappa shape index (κ2) is 8.41. The number of halogens is 1. The Bertz CT molecular complexity index is 969. The van der Waals surface area contributed by atoms with Crippen molar-refractivity contribution in [1.82, 2.24) is 4.31 Å². The van der Waals surface area contributed by atoms with E-state index in [9.17, 15) is 22.4 Å². The molecular formula is C19H21FN2O4S. The van der Waals surface area contributed by atoms with Crippen molar-refractivity contribution in [3.63, 3.8) is 0 Å². The summed E-state index contributed by atoms with van der Waals surface area (Å²) in [4.78, 5) is 24.0. The van der Waals surface area contributed by atoms with Crippen LogP contribution in [0.25, 0.3) is 0 Å².